The van der Waals surface area contributed by atoms with Gasteiger partial charge in [-0.3, -0.25) is 10.1 Å². The van der Waals surface area contributed by atoms with Crippen LogP contribution in [0.3, 0.4) is 0 Å². The van der Waals surface area contributed by atoms with Crippen LogP contribution in [0.2, 0.25) is 0 Å². The monoisotopic (exact) mass is 294 g/mol. The van der Waals surface area contributed by atoms with E-state index >= 15 is 0 Å². The summed E-state index contributed by atoms with van der Waals surface area (Å²) in [5.41, 5.74) is 4.13. The SMILES string of the molecule is N/C(=N/O)c1nc(OCCC(F)(F)F)ccc1[N+](=O)[O-]. The van der Waals surface area contributed by atoms with Gasteiger partial charge in [0.2, 0.25) is 5.88 Å². The van der Waals surface area contributed by atoms with Crippen LogP contribution in [0.4, 0.5) is 18.9 Å². The first-order chi connectivity index (χ1) is 9.24. The molecule has 0 aliphatic heterocycles. The summed E-state index contributed by atoms with van der Waals surface area (Å²) in [5.74, 6) is -0.959. The van der Waals surface area contributed by atoms with Crippen LogP contribution in [0.15, 0.2) is 17.3 Å². The molecule has 0 aliphatic rings. The normalized spacial score (nSPS) is 12.2. The molecule has 3 N–H and O–H groups in total. The number of alkyl halides is 3. The van der Waals surface area contributed by atoms with Gasteiger partial charge in [0.15, 0.2) is 11.5 Å². The average molecular weight is 294 g/mol. The molecule has 20 heavy (non-hydrogen) atoms. The van der Waals surface area contributed by atoms with Gasteiger partial charge in [0.25, 0.3) is 5.69 Å². The Morgan fingerprint density at radius 3 is 2.70 bits per heavy atom. The summed E-state index contributed by atoms with van der Waals surface area (Å²) in [4.78, 5) is 13.4. The van der Waals surface area contributed by atoms with Gasteiger partial charge in [-0.25, -0.2) is 4.98 Å². The fraction of sp³-hybridized carbons (Fsp3) is 0.333. The number of rotatable bonds is 5. The van der Waals surface area contributed by atoms with Crippen LogP contribution in [-0.4, -0.2) is 33.7 Å². The van der Waals surface area contributed by atoms with Gasteiger partial charge in [0.1, 0.15) is 0 Å². The molecule has 0 bridgehead atoms. The first kappa shape index (κ1) is 15.5. The van der Waals surface area contributed by atoms with Crippen molar-refractivity contribution >= 4 is 11.5 Å². The van der Waals surface area contributed by atoms with Gasteiger partial charge in [-0.05, 0) is 0 Å². The highest BCUT2D eigenvalue weighted by Gasteiger charge is 2.27. The van der Waals surface area contributed by atoms with Gasteiger partial charge in [-0.2, -0.15) is 13.2 Å². The van der Waals surface area contributed by atoms with Gasteiger partial charge in [-0.15, -0.1) is 0 Å². The Kier molecular flexibility index (Phi) is 4.67. The standard InChI is InChI=1S/C9H9F3N4O4/c10-9(11,12)3-4-20-6-2-1-5(16(18)19)7(14-6)8(13)15-17/h1-2,17H,3-4H2,(H2,13,15). The van der Waals surface area contributed by atoms with Crippen LogP contribution in [0.1, 0.15) is 12.1 Å². The van der Waals surface area contributed by atoms with E-state index in [4.69, 9.17) is 15.7 Å². The number of hydrogen-bond donors (Lipinski definition) is 2. The number of amidine groups is 1. The molecule has 0 unspecified atom stereocenters. The molecule has 0 aliphatic carbocycles. The zero-order chi connectivity index (χ0) is 15.3. The fourth-order valence-corrected chi connectivity index (χ4v) is 1.17. The Labute approximate surface area is 109 Å². The van der Waals surface area contributed by atoms with Crippen LogP contribution in [-0.2, 0) is 0 Å². The first-order valence-corrected chi connectivity index (χ1v) is 5.07. The fourth-order valence-electron chi connectivity index (χ4n) is 1.17. The minimum absolute atomic E-state index is 0.304. The summed E-state index contributed by atoms with van der Waals surface area (Å²) in [6, 6.07) is 1.95. The molecule has 0 saturated carbocycles. The quantitative estimate of drug-likeness (QED) is 0.278. The summed E-state index contributed by atoms with van der Waals surface area (Å²) < 4.78 is 40.5. The highest BCUT2D eigenvalue weighted by atomic mass is 19.4. The molecule has 0 radical (unpaired) electrons. The van der Waals surface area contributed by atoms with Crippen LogP contribution >= 0.6 is 0 Å². The van der Waals surface area contributed by atoms with Crippen molar-refractivity contribution in [1.82, 2.24) is 4.98 Å². The van der Waals surface area contributed by atoms with E-state index in [-0.39, 0.29) is 5.88 Å². The number of nitrogens with two attached hydrogens (primary N) is 1. The topological polar surface area (TPSA) is 124 Å². The molecular weight excluding hydrogens is 285 g/mol. The van der Waals surface area contributed by atoms with Gasteiger partial charge in [0.05, 0.1) is 18.0 Å². The smallest absolute Gasteiger partial charge is 0.392 e. The zero-order valence-electron chi connectivity index (χ0n) is 9.79. The van der Waals surface area contributed by atoms with Crippen molar-refractivity contribution in [3.63, 3.8) is 0 Å². The van der Waals surface area contributed by atoms with Gasteiger partial charge in [0, 0.05) is 12.1 Å². The highest BCUT2D eigenvalue weighted by Crippen LogP contribution is 2.22. The number of ether oxygens (including phenoxy) is 1. The van der Waals surface area contributed by atoms with Gasteiger partial charge in [-0.1, -0.05) is 5.16 Å². The summed E-state index contributed by atoms with van der Waals surface area (Å²) in [5, 5.41) is 21.7. The lowest BCUT2D eigenvalue weighted by Crippen LogP contribution is -2.18. The van der Waals surface area contributed by atoms with Crippen molar-refractivity contribution in [2.45, 2.75) is 12.6 Å². The summed E-state index contributed by atoms with van der Waals surface area (Å²) in [6.07, 6.45) is -5.60. The zero-order valence-corrected chi connectivity index (χ0v) is 9.79. The number of pyridine rings is 1. The molecule has 1 rings (SSSR count). The molecule has 0 spiro atoms. The summed E-state index contributed by atoms with van der Waals surface area (Å²) in [7, 11) is 0. The predicted molar refractivity (Wildman–Crippen MR) is 59.6 cm³/mol. The minimum Gasteiger partial charge on any atom is -0.477 e. The minimum atomic E-state index is -4.39. The van der Waals surface area contributed by atoms with Crippen LogP contribution in [0.5, 0.6) is 5.88 Å². The van der Waals surface area contributed by atoms with Crippen molar-refractivity contribution in [2.24, 2.45) is 10.9 Å². The van der Waals surface area contributed by atoms with Crippen molar-refractivity contribution in [1.29, 1.82) is 0 Å². The number of hydrogen-bond acceptors (Lipinski definition) is 6. The molecule has 0 saturated heterocycles. The third kappa shape index (κ3) is 4.26. The van der Waals surface area contributed by atoms with E-state index in [1.165, 1.54) is 0 Å². The van der Waals surface area contributed by atoms with Crippen molar-refractivity contribution in [3.8, 4) is 5.88 Å². The van der Waals surface area contributed by atoms with Crippen molar-refractivity contribution in [3.05, 3.63) is 27.9 Å². The van der Waals surface area contributed by atoms with E-state index in [0.717, 1.165) is 12.1 Å². The lowest BCUT2D eigenvalue weighted by molar-refractivity contribution is -0.385. The first-order valence-electron chi connectivity index (χ1n) is 5.07. The third-order valence-corrected chi connectivity index (χ3v) is 2.03. The average Bonchev–Trinajstić information content (AvgIpc) is 2.36. The Morgan fingerprint density at radius 1 is 1.55 bits per heavy atom. The number of aromatic nitrogens is 1. The number of nitro groups is 1. The van der Waals surface area contributed by atoms with Crippen LogP contribution in [0, 0.1) is 10.1 Å². The highest BCUT2D eigenvalue weighted by molar-refractivity contribution is 5.98. The number of oxime groups is 1. The molecule has 0 fully saturated rings. The summed E-state index contributed by atoms with van der Waals surface area (Å²) in [6.45, 7) is -0.704. The molecule has 8 nitrogen and oxygen atoms in total. The molecule has 11 heteroatoms. The van der Waals surface area contributed by atoms with E-state index in [9.17, 15) is 23.3 Å². The van der Waals surface area contributed by atoms with Crippen molar-refractivity contribution < 1.29 is 28.0 Å². The Bertz CT molecular complexity index is 532. The second-order valence-corrected chi connectivity index (χ2v) is 3.47. The predicted octanol–water partition coefficient (Wildman–Crippen LogP) is 1.42. The Morgan fingerprint density at radius 2 is 2.20 bits per heavy atom. The van der Waals surface area contributed by atoms with E-state index in [0.29, 0.717) is 0 Å². The van der Waals surface area contributed by atoms with E-state index in [1.807, 2.05) is 0 Å². The third-order valence-electron chi connectivity index (χ3n) is 2.03. The maximum atomic E-state index is 11.9. The molecular formula is C9H9F3N4O4. The van der Waals surface area contributed by atoms with Crippen molar-refractivity contribution in [2.75, 3.05) is 6.61 Å². The summed E-state index contributed by atoms with van der Waals surface area (Å²) >= 11 is 0. The van der Waals surface area contributed by atoms with Gasteiger partial charge < -0.3 is 15.7 Å². The molecule has 0 amide bonds. The molecule has 0 aromatic carbocycles. The maximum Gasteiger partial charge on any atom is 0.392 e. The molecule has 0 atom stereocenters. The van der Waals surface area contributed by atoms with Gasteiger partial charge >= 0.3 is 6.18 Å². The van der Waals surface area contributed by atoms with Crippen LogP contribution < -0.4 is 10.5 Å². The number of halogens is 3. The van der Waals surface area contributed by atoms with E-state index in [2.05, 4.69) is 10.1 Å². The second kappa shape index (κ2) is 6.04. The molecule has 1 aromatic rings. The lowest BCUT2D eigenvalue weighted by atomic mass is 10.3. The molecule has 110 valence electrons. The second-order valence-electron chi connectivity index (χ2n) is 3.47. The Hall–Kier alpha value is -2.59. The maximum absolute atomic E-state index is 11.9. The molecule has 1 heterocycles. The lowest BCUT2D eigenvalue weighted by Gasteiger charge is -2.08. The largest absolute Gasteiger partial charge is 0.477 e. The number of nitrogens with zero attached hydrogens (tertiary/aromatic N) is 3. The Balaban J connectivity index is 2.93. The van der Waals surface area contributed by atoms with E-state index < -0.39 is 41.3 Å². The van der Waals surface area contributed by atoms with E-state index in [1.54, 1.807) is 0 Å². The molecule has 1 aromatic heterocycles. The van der Waals surface area contributed by atoms with Crippen LogP contribution in [0.25, 0.3) is 0 Å².